The summed E-state index contributed by atoms with van der Waals surface area (Å²) < 4.78 is 23.5. The monoisotopic (exact) mass is 387 g/mol. The van der Waals surface area contributed by atoms with Crippen LogP contribution in [-0.2, 0) is 16.9 Å². The molecule has 0 saturated heterocycles. The Bertz CT molecular complexity index is 868. The number of fused-ring (bicyclic) bond motifs is 1. The van der Waals surface area contributed by atoms with Crippen molar-refractivity contribution in [2.75, 3.05) is 13.3 Å². The normalized spacial score (nSPS) is 12.4. The molecular weight excluding hydrogens is 365 g/mol. The zero-order valence-corrected chi connectivity index (χ0v) is 15.7. The van der Waals surface area contributed by atoms with E-state index in [0.717, 1.165) is 11.1 Å². The number of amides is 3. The molecule has 7 nitrogen and oxygen atoms in total. The number of carbonyl (C=O) groups excluding carboxylic acids is 2. The van der Waals surface area contributed by atoms with Gasteiger partial charge in [-0.3, -0.25) is 4.79 Å². The highest BCUT2D eigenvalue weighted by Crippen LogP contribution is 2.35. The molecule has 3 N–H and O–H groups in total. The topological polar surface area (TPSA) is 88.7 Å². The van der Waals surface area contributed by atoms with E-state index >= 15 is 0 Å². The molecule has 0 spiro atoms. The van der Waals surface area contributed by atoms with Gasteiger partial charge in [0.15, 0.2) is 11.5 Å². The number of hydrogen-bond donors (Lipinski definition) is 3. The summed E-state index contributed by atoms with van der Waals surface area (Å²) in [6.07, 6.45) is 0. The van der Waals surface area contributed by atoms with Crippen LogP contribution in [0.15, 0.2) is 42.5 Å². The number of ether oxygens (including phenoxy) is 2. The predicted octanol–water partition coefficient (Wildman–Crippen LogP) is 2.41. The first-order chi connectivity index (χ1) is 13.3. The number of nitrogens with one attached hydrogen (secondary N) is 3. The van der Waals surface area contributed by atoms with Gasteiger partial charge >= 0.3 is 6.03 Å². The average Bonchev–Trinajstić information content (AvgIpc) is 3.13. The maximum atomic E-state index is 12.9. The Kier molecular flexibility index (Phi) is 5.67. The Morgan fingerprint density at radius 2 is 1.75 bits per heavy atom. The van der Waals surface area contributed by atoms with Crippen molar-refractivity contribution in [1.82, 2.24) is 16.0 Å². The van der Waals surface area contributed by atoms with Gasteiger partial charge in [-0.1, -0.05) is 18.2 Å². The summed E-state index contributed by atoms with van der Waals surface area (Å²) in [5, 5.41) is 7.99. The minimum absolute atomic E-state index is 0.177. The van der Waals surface area contributed by atoms with Gasteiger partial charge in [-0.25, -0.2) is 9.18 Å². The highest BCUT2D eigenvalue weighted by atomic mass is 19.1. The molecule has 0 saturated carbocycles. The third kappa shape index (κ3) is 4.91. The van der Waals surface area contributed by atoms with Crippen LogP contribution < -0.4 is 25.4 Å². The Balaban J connectivity index is 1.46. The van der Waals surface area contributed by atoms with Gasteiger partial charge in [-0.15, -0.1) is 0 Å². The number of benzene rings is 2. The number of urea groups is 1. The van der Waals surface area contributed by atoms with Crippen LogP contribution in [0.5, 0.6) is 11.5 Å². The van der Waals surface area contributed by atoms with E-state index in [0.29, 0.717) is 11.5 Å². The molecule has 28 heavy (non-hydrogen) atoms. The van der Waals surface area contributed by atoms with E-state index in [4.69, 9.17) is 9.47 Å². The van der Waals surface area contributed by atoms with Crippen LogP contribution in [0.2, 0.25) is 0 Å². The van der Waals surface area contributed by atoms with Crippen molar-refractivity contribution >= 4 is 11.9 Å². The third-order valence-corrected chi connectivity index (χ3v) is 4.32. The number of halogens is 1. The van der Waals surface area contributed by atoms with E-state index < -0.39 is 11.6 Å². The second-order valence-electron chi connectivity index (χ2n) is 6.90. The standard InChI is InChI=1S/C20H22FN3O4/c1-20(2,14-5-8-16-17(9-14)28-12-27-16)24-18(25)11-23-19(26)22-10-13-3-6-15(21)7-4-13/h3-9H,10-12H2,1-2H3,(H,24,25)(H2,22,23,26). The van der Waals surface area contributed by atoms with Crippen molar-refractivity contribution in [3.8, 4) is 11.5 Å². The molecule has 0 fully saturated rings. The van der Waals surface area contributed by atoms with Gasteiger partial charge < -0.3 is 25.4 Å². The van der Waals surface area contributed by atoms with Crippen LogP contribution in [0.25, 0.3) is 0 Å². The lowest BCUT2D eigenvalue weighted by molar-refractivity contribution is -0.121. The summed E-state index contributed by atoms with van der Waals surface area (Å²) in [5.74, 6) is 0.637. The quantitative estimate of drug-likeness (QED) is 0.710. The summed E-state index contributed by atoms with van der Waals surface area (Å²) in [5.41, 5.74) is 0.945. The molecule has 1 aliphatic heterocycles. The molecule has 8 heteroatoms. The molecular formula is C20H22FN3O4. The molecule has 3 rings (SSSR count). The molecule has 0 aromatic heterocycles. The van der Waals surface area contributed by atoms with Crippen LogP contribution in [0.3, 0.4) is 0 Å². The summed E-state index contributed by atoms with van der Waals surface area (Å²) in [7, 11) is 0. The molecule has 3 amide bonds. The van der Waals surface area contributed by atoms with E-state index in [1.165, 1.54) is 12.1 Å². The minimum atomic E-state index is -0.662. The Morgan fingerprint density at radius 3 is 2.50 bits per heavy atom. The van der Waals surface area contributed by atoms with Gasteiger partial charge in [0, 0.05) is 6.54 Å². The molecule has 0 aliphatic carbocycles. The lowest BCUT2D eigenvalue weighted by Gasteiger charge is -2.27. The molecule has 2 aromatic carbocycles. The summed E-state index contributed by atoms with van der Waals surface area (Å²) >= 11 is 0. The second-order valence-corrected chi connectivity index (χ2v) is 6.90. The van der Waals surface area contributed by atoms with Crippen molar-refractivity contribution in [2.45, 2.75) is 25.9 Å². The highest BCUT2D eigenvalue weighted by molar-refractivity contribution is 5.84. The molecule has 148 valence electrons. The number of hydrogen-bond acceptors (Lipinski definition) is 4. The van der Waals surface area contributed by atoms with E-state index in [-0.39, 0.29) is 31.6 Å². The molecule has 0 atom stereocenters. The van der Waals surface area contributed by atoms with Crippen LogP contribution in [0.4, 0.5) is 9.18 Å². The van der Waals surface area contributed by atoms with E-state index in [1.54, 1.807) is 18.2 Å². The van der Waals surface area contributed by atoms with Crippen molar-refractivity contribution in [2.24, 2.45) is 0 Å². The first-order valence-corrected chi connectivity index (χ1v) is 8.81. The van der Waals surface area contributed by atoms with Crippen LogP contribution in [0.1, 0.15) is 25.0 Å². The van der Waals surface area contributed by atoms with Crippen molar-refractivity contribution < 1.29 is 23.5 Å². The van der Waals surface area contributed by atoms with Crippen LogP contribution in [-0.4, -0.2) is 25.3 Å². The summed E-state index contributed by atoms with van der Waals surface area (Å²) in [6.45, 7) is 3.95. The fourth-order valence-electron chi connectivity index (χ4n) is 2.76. The van der Waals surface area contributed by atoms with Gasteiger partial charge in [0.25, 0.3) is 0 Å². The maximum absolute atomic E-state index is 12.9. The zero-order valence-electron chi connectivity index (χ0n) is 15.7. The van der Waals surface area contributed by atoms with Crippen LogP contribution >= 0.6 is 0 Å². The fourth-order valence-corrected chi connectivity index (χ4v) is 2.76. The minimum Gasteiger partial charge on any atom is -0.454 e. The Hall–Kier alpha value is -3.29. The van der Waals surface area contributed by atoms with Gasteiger partial charge in [0.2, 0.25) is 12.7 Å². The SMILES string of the molecule is CC(C)(NC(=O)CNC(=O)NCc1ccc(F)cc1)c1ccc2c(c1)OCO2. The van der Waals surface area contributed by atoms with Crippen LogP contribution in [0, 0.1) is 5.82 Å². The maximum Gasteiger partial charge on any atom is 0.315 e. The van der Waals surface area contributed by atoms with Gasteiger partial charge in [-0.05, 0) is 49.2 Å². The molecule has 0 unspecified atom stereocenters. The van der Waals surface area contributed by atoms with Gasteiger partial charge in [-0.2, -0.15) is 0 Å². The third-order valence-electron chi connectivity index (χ3n) is 4.32. The highest BCUT2D eigenvalue weighted by Gasteiger charge is 2.25. The van der Waals surface area contributed by atoms with Crippen molar-refractivity contribution in [3.63, 3.8) is 0 Å². The predicted molar refractivity (Wildman–Crippen MR) is 100 cm³/mol. The smallest absolute Gasteiger partial charge is 0.315 e. The summed E-state index contributed by atoms with van der Waals surface area (Å²) in [6, 6.07) is 10.8. The molecule has 1 aliphatic rings. The van der Waals surface area contributed by atoms with E-state index in [9.17, 15) is 14.0 Å². The number of carbonyl (C=O) groups is 2. The summed E-state index contributed by atoms with van der Waals surface area (Å²) in [4.78, 5) is 24.1. The molecule has 0 radical (unpaired) electrons. The first-order valence-electron chi connectivity index (χ1n) is 8.81. The van der Waals surface area contributed by atoms with Gasteiger partial charge in [0.1, 0.15) is 5.82 Å². The fraction of sp³-hybridized carbons (Fsp3) is 0.300. The van der Waals surface area contributed by atoms with E-state index in [2.05, 4.69) is 16.0 Å². The van der Waals surface area contributed by atoms with E-state index in [1.807, 2.05) is 26.0 Å². The van der Waals surface area contributed by atoms with Crippen molar-refractivity contribution in [1.29, 1.82) is 0 Å². The Morgan fingerprint density at radius 1 is 1.04 bits per heavy atom. The van der Waals surface area contributed by atoms with Gasteiger partial charge in [0.05, 0.1) is 12.1 Å². The second kappa shape index (κ2) is 8.16. The Labute approximate surface area is 162 Å². The van der Waals surface area contributed by atoms with Crippen molar-refractivity contribution in [3.05, 3.63) is 59.4 Å². The zero-order chi connectivity index (χ0) is 20.1. The molecule has 0 bridgehead atoms. The lowest BCUT2D eigenvalue weighted by atomic mass is 9.94. The largest absolute Gasteiger partial charge is 0.454 e. The number of rotatable bonds is 6. The lowest BCUT2D eigenvalue weighted by Crippen LogP contribution is -2.47. The first kappa shape index (κ1) is 19.5. The molecule has 2 aromatic rings. The molecule has 1 heterocycles. The average molecular weight is 387 g/mol.